The second kappa shape index (κ2) is 6.21. The number of aliphatic hydroxyl groups is 1. The van der Waals surface area contributed by atoms with Crippen molar-refractivity contribution in [2.45, 2.75) is 37.6 Å². The second-order valence-electron chi connectivity index (χ2n) is 5.47. The number of hydrogen-bond donors (Lipinski definition) is 1. The fraction of sp³-hybridized carbons (Fsp3) is 0.333. The van der Waals surface area contributed by atoms with Gasteiger partial charge in [-0.15, -0.1) is 0 Å². The highest BCUT2D eigenvalue weighted by molar-refractivity contribution is 5.19. The minimum Gasteiger partial charge on any atom is -0.393 e. The quantitative estimate of drug-likeness (QED) is 0.923. The Balaban J connectivity index is 1.70. The molecule has 1 aliphatic heterocycles. The van der Waals surface area contributed by atoms with Gasteiger partial charge in [-0.2, -0.15) is 0 Å². The summed E-state index contributed by atoms with van der Waals surface area (Å²) in [7, 11) is 0. The number of hydrogen-bond acceptors (Lipinski definition) is 2. The fourth-order valence-electron chi connectivity index (χ4n) is 2.88. The normalized spacial score (nSPS) is 26.4. The molecule has 0 aliphatic carbocycles. The van der Waals surface area contributed by atoms with Gasteiger partial charge in [0.1, 0.15) is 0 Å². The van der Waals surface area contributed by atoms with Crippen molar-refractivity contribution in [3.8, 4) is 0 Å². The average Bonchev–Trinajstić information content (AvgIpc) is 2.49. The maximum Gasteiger partial charge on any atom is 0.0853 e. The van der Waals surface area contributed by atoms with Crippen molar-refractivity contribution in [2.75, 3.05) is 0 Å². The molecular weight excluding hydrogens is 248 g/mol. The third kappa shape index (κ3) is 3.27. The lowest BCUT2D eigenvalue weighted by molar-refractivity contribution is -0.0967. The third-order valence-corrected chi connectivity index (χ3v) is 3.86. The Kier molecular flexibility index (Phi) is 4.14. The minimum atomic E-state index is -0.275. The smallest absolute Gasteiger partial charge is 0.0853 e. The fourth-order valence-corrected chi connectivity index (χ4v) is 2.88. The number of aliphatic hydroxyl groups excluding tert-OH is 1. The number of benzene rings is 2. The highest BCUT2D eigenvalue weighted by Crippen LogP contribution is 2.32. The summed E-state index contributed by atoms with van der Waals surface area (Å²) in [5.41, 5.74) is 2.42. The summed E-state index contributed by atoms with van der Waals surface area (Å²) < 4.78 is 6.19. The van der Waals surface area contributed by atoms with Gasteiger partial charge in [0.15, 0.2) is 0 Å². The zero-order chi connectivity index (χ0) is 13.8. The number of ether oxygens (including phenoxy) is 1. The van der Waals surface area contributed by atoms with E-state index in [1.54, 1.807) is 0 Å². The molecule has 3 atom stereocenters. The highest BCUT2D eigenvalue weighted by atomic mass is 16.5. The zero-order valence-electron chi connectivity index (χ0n) is 11.5. The maximum atomic E-state index is 10.1. The lowest BCUT2D eigenvalue weighted by Gasteiger charge is -2.33. The van der Waals surface area contributed by atoms with Gasteiger partial charge in [-0.1, -0.05) is 60.7 Å². The zero-order valence-corrected chi connectivity index (χ0v) is 11.5. The van der Waals surface area contributed by atoms with E-state index in [0.29, 0.717) is 6.42 Å². The Morgan fingerprint density at radius 1 is 0.900 bits per heavy atom. The first-order chi connectivity index (χ1) is 9.81. The van der Waals surface area contributed by atoms with Crippen LogP contribution in [0.5, 0.6) is 0 Å². The predicted octanol–water partition coefficient (Wildman–Crippen LogP) is 3.51. The van der Waals surface area contributed by atoms with Crippen molar-refractivity contribution in [1.29, 1.82) is 0 Å². The molecule has 2 aromatic rings. The molecule has 0 bridgehead atoms. The van der Waals surface area contributed by atoms with Gasteiger partial charge in [-0.25, -0.2) is 0 Å². The van der Waals surface area contributed by atoms with Crippen LogP contribution < -0.4 is 0 Å². The Hall–Kier alpha value is -1.64. The summed E-state index contributed by atoms with van der Waals surface area (Å²) in [6, 6.07) is 20.5. The van der Waals surface area contributed by atoms with Crippen LogP contribution in [0, 0.1) is 0 Å². The molecule has 1 heterocycles. The van der Waals surface area contributed by atoms with Crippen LogP contribution in [0.1, 0.15) is 30.1 Å². The SMILES string of the molecule is OC1CC(Cc2ccccc2)OC(c2ccccc2)C1. The minimum absolute atomic E-state index is 0.00802. The van der Waals surface area contributed by atoms with Crippen molar-refractivity contribution in [3.05, 3.63) is 71.8 Å². The van der Waals surface area contributed by atoms with Crippen molar-refractivity contribution in [1.82, 2.24) is 0 Å². The molecule has 1 N–H and O–H groups in total. The van der Waals surface area contributed by atoms with Crippen LogP contribution in [0.3, 0.4) is 0 Å². The van der Waals surface area contributed by atoms with E-state index in [0.717, 1.165) is 18.4 Å². The molecule has 20 heavy (non-hydrogen) atoms. The van der Waals surface area contributed by atoms with Gasteiger partial charge in [0.2, 0.25) is 0 Å². The lowest BCUT2D eigenvalue weighted by Crippen LogP contribution is -2.32. The topological polar surface area (TPSA) is 29.5 Å². The van der Waals surface area contributed by atoms with Crippen LogP contribution in [0.4, 0.5) is 0 Å². The maximum absolute atomic E-state index is 10.1. The van der Waals surface area contributed by atoms with Gasteiger partial charge in [-0.3, -0.25) is 0 Å². The van der Waals surface area contributed by atoms with Crippen LogP contribution in [0.15, 0.2) is 60.7 Å². The second-order valence-corrected chi connectivity index (χ2v) is 5.47. The van der Waals surface area contributed by atoms with Gasteiger partial charge >= 0.3 is 0 Å². The van der Waals surface area contributed by atoms with Gasteiger partial charge < -0.3 is 9.84 Å². The van der Waals surface area contributed by atoms with Gasteiger partial charge in [0.05, 0.1) is 18.3 Å². The van der Waals surface area contributed by atoms with Crippen LogP contribution >= 0.6 is 0 Å². The molecule has 1 saturated heterocycles. The molecule has 104 valence electrons. The summed E-state index contributed by atoms with van der Waals surface area (Å²) in [6.45, 7) is 0. The van der Waals surface area contributed by atoms with E-state index in [2.05, 4.69) is 24.3 Å². The van der Waals surface area contributed by atoms with Crippen LogP contribution in [-0.2, 0) is 11.2 Å². The molecule has 3 rings (SSSR count). The summed E-state index contributed by atoms with van der Waals surface area (Å²) in [4.78, 5) is 0. The largest absolute Gasteiger partial charge is 0.393 e. The Morgan fingerprint density at radius 3 is 2.25 bits per heavy atom. The molecule has 2 nitrogen and oxygen atoms in total. The first-order valence-corrected chi connectivity index (χ1v) is 7.23. The summed E-state index contributed by atoms with van der Waals surface area (Å²) in [5, 5.41) is 10.1. The van der Waals surface area contributed by atoms with Gasteiger partial charge in [0.25, 0.3) is 0 Å². The summed E-state index contributed by atoms with van der Waals surface area (Å²) >= 11 is 0. The van der Waals surface area contributed by atoms with E-state index in [1.165, 1.54) is 5.56 Å². The van der Waals surface area contributed by atoms with Gasteiger partial charge in [-0.05, 0) is 24.0 Å². The van der Waals surface area contributed by atoms with E-state index in [9.17, 15) is 5.11 Å². The predicted molar refractivity (Wildman–Crippen MR) is 79.4 cm³/mol. The lowest BCUT2D eigenvalue weighted by atomic mass is 9.93. The van der Waals surface area contributed by atoms with Crippen LogP contribution in [0.25, 0.3) is 0 Å². The first-order valence-electron chi connectivity index (χ1n) is 7.23. The molecular formula is C18H20O2. The highest BCUT2D eigenvalue weighted by Gasteiger charge is 2.29. The van der Waals surface area contributed by atoms with Crippen molar-refractivity contribution >= 4 is 0 Å². The van der Waals surface area contributed by atoms with Crippen molar-refractivity contribution < 1.29 is 9.84 Å². The van der Waals surface area contributed by atoms with Crippen molar-refractivity contribution in [2.24, 2.45) is 0 Å². The molecule has 1 aliphatic rings. The Morgan fingerprint density at radius 2 is 1.55 bits per heavy atom. The van der Waals surface area contributed by atoms with E-state index in [4.69, 9.17) is 4.74 Å². The summed E-state index contributed by atoms with van der Waals surface area (Å²) in [6.07, 6.45) is 2.09. The van der Waals surface area contributed by atoms with E-state index >= 15 is 0 Å². The van der Waals surface area contributed by atoms with E-state index in [-0.39, 0.29) is 18.3 Å². The van der Waals surface area contributed by atoms with Crippen molar-refractivity contribution in [3.63, 3.8) is 0 Å². The van der Waals surface area contributed by atoms with Crippen LogP contribution in [0.2, 0.25) is 0 Å². The molecule has 0 amide bonds. The van der Waals surface area contributed by atoms with E-state index in [1.807, 2.05) is 36.4 Å². The molecule has 0 saturated carbocycles. The van der Waals surface area contributed by atoms with Gasteiger partial charge in [0, 0.05) is 6.42 Å². The molecule has 1 fully saturated rings. The Bertz CT molecular complexity index is 524. The summed E-state index contributed by atoms with van der Waals surface area (Å²) in [5.74, 6) is 0. The number of rotatable bonds is 3. The average molecular weight is 268 g/mol. The molecule has 0 radical (unpaired) electrons. The third-order valence-electron chi connectivity index (χ3n) is 3.86. The monoisotopic (exact) mass is 268 g/mol. The first kappa shape index (κ1) is 13.3. The van der Waals surface area contributed by atoms with E-state index < -0.39 is 0 Å². The Labute approximate surface area is 120 Å². The molecule has 2 heteroatoms. The molecule has 3 unspecified atom stereocenters. The molecule has 0 spiro atoms. The molecule has 2 aromatic carbocycles. The van der Waals surface area contributed by atoms with Crippen LogP contribution in [-0.4, -0.2) is 17.3 Å². The standard InChI is InChI=1S/C18H20O2/c19-16-12-17(11-14-7-3-1-4-8-14)20-18(13-16)15-9-5-2-6-10-15/h1-10,16-19H,11-13H2. The molecule has 0 aromatic heterocycles.